The van der Waals surface area contributed by atoms with E-state index in [0.29, 0.717) is 17.5 Å². The standard InChI is InChI=1S/C20H18F4N2O2/c1-11-4-14(7-17(26-11)9-18(27)13-2-3-13)19(28)25-10-12-5-15(20(22,23)24)8-16(21)6-12/h4-8,13H,2-3,9-10H2,1H3,(H,25,28). The summed E-state index contributed by atoms with van der Waals surface area (Å²) in [6.07, 6.45) is -2.77. The van der Waals surface area contributed by atoms with Crippen LogP contribution in [0.1, 0.15) is 45.7 Å². The summed E-state index contributed by atoms with van der Waals surface area (Å²) in [4.78, 5) is 28.6. The molecule has 1 fully saturated rings. The predicted molar refractivity (Wildman–Crippen MR) is 93.0 cm³/mol. The van der Waals surface area contributed by atoms with Crippen molar-refractivity contribution in [2.45, 2.75) is 38.9 Å². The number of rotatable bonds is 6. The van der Waals surface area contributed by atoms with Gasteiger partial charge >= 0.3 is 6.18 Å². The molecule has 8 heteroatoms. The largest absolute Gasteiger partial charge is 0.416 e. The van der Waals surface area contributed by atoms with Crippen molar-refractivity contribution in [3.8, 4) is 0 Å². The normalized spacial score (nSPS) is 14.0. The summed E-state index contributed by atoms with van der Waals surface area (Å²) in [5.74, 6) is -1.40. The van der Waals surface area contributed by atoms with E-state index in [-0.39, 0.29) is 35.8 Å². The van der Waals surface area contributed by atoms with Gasteiger partial charge in [0.25, 0.3) is 5.91 Å². The van der Waals surface area contributed by atoms with Crippen molar-refractivity contribution >= 4 is 11.7 Å². The lowest BCUT2D eigenvalue weighted by atomic mass is 10.1. The van der Waals surface area contributed by atoms with E-state index in [1.54, 1.807) is 6.92 Å². The van der Waals surface area contributed by atoms with Crippen molar-refractivity contribution in [3.63, 3.8) is 0 Å². The molecule has 2 aromatic rings. The van der Waals surface area contributed by atoms with Crippen molar-refractivity contribution in [3.05, 3.63) is 64.2 Å². The van der Waals surface area contributed by atoms with Crippen molar-refractivity contribution in [2.75, 3.05) is 0 Å². The molecule has 1 saturated carbocycles. The number of carbonyl (C=O) groups excluding carboxylic acids is 2. The highest BCUT2D eigenvalue weighted by atomic mass is 19.4. The third-order valence-electron chi connectivity index (χ3n) is 4.39. The predicted octanol–water partition coefficient (Wildman–Crippen LogP) is 4.00. The van der Waals surface area contributed by atoms with Crippen LogP contribution in [0.4, 0.5) is 17.6 Å². The van der Waals surface area contributed by atoms with Gasteiger partial charge in [0.05, 0.1) is 5.56 Å². The lowest BCUT2D eigenvalue weighted by Gasteiger charge is -2.11. The zero-order valence-corrected chi connectivity index (χ0v) is 15.1. The molecule has 4 nitrogen and oxygen atoms in total. The molecule has 0 saturated heterocycles. The number of nitrogens with one attached hydrogen (secondary N) is 1. The summed E-state index contributed by atoms with van der Waals surface area (Å²) in [5.41, 5.74) is 0.162. The van der Waals surface area contributed by atoms with E-state index >= 15 is 0 Å². The van der Waals surface area contributed by atoms with Gasteiger partial charge in [0.15, 0.2) is 0 Å². The van der Waals surface area contributed by atoms with Gasteiger partial charge in [-0.15, -0.1) is 0 Å². The average Bonchev–Trinajstić information content (AvgIpc) is 3.43. The quantitative estimate of drug-likeness (QED) is 0.754. The Balaban J connectivity index is 1.70. The first-order valence-corrected chi connectivity index (χ1v) is 8.77. The molecule has 0 radical (unpaired) electrons. The van der Waals surface area contributed by atoms with E-state index in [9.17, 15) is 27.2 Å². The number of carbonyl (C=O) groups is 2. The topological polar surface area (TPSA) is 59.1 Å². The van der Waals surface area contributed by atoms with Crippen LogP contribution in [0, 0.1) is 18.7 Å². The summed E-state index contributed by atoms with van der Waals surface area (Å²) in [6, 6.07) is 5.15. The molecule has 0 unspecified atom stereocenters. The smallest absolute Gasteiger partial charge is 0.348 e. The number of ketones is 1. The summed E-state index contributed by atoms with van der Waals surface area (Å²) in [6.45, 7) is 1.42. The molecule has 148 valence electrons. The van der Waals surface area contributed by atoms with Crippen molar-refractivity contribution in [2.24, 2.45) is 5.92 Å². The van der Waals surface area contributed by atoms with E-state index in [1.165, 1.54) is 12.1 Å². The second kappa shape index (κ2) is 7.69. The number of halogens is 4. The van der Waals surface area contributed by atoms with Crippen LogP contribution in [0.15, 0.2) is 30.3 Å². The van der Waals surface area contributed by atoms with Gasteiger partial charge in [-0.3, -0.25) is 14.6 Å². The summed E-state index contributed by atoms with van der Waals surface area (Å²) in [7, 11) is 0. The number of benzene rings is 1. The molecule has 0 bridgehead atoms. The van der Waals surface area contributed by atoms with E-state index in [4.69, 9.17) is 0 Å². The number of aromatic nitrogens is 1. The first kappa shape index (κ1) is 20.0. The summed E-state index contributed by atoms with van der Waals surface area (Å²) >= 11 is 0. The highest BCUT2D eigenvalue weighted by Gasteiger charge is 2.31. The van der Waals surface area contributed by atoms with Crippen LogP contribution >= 0.6 is 0 Å². The number of amides is 1. The summed E-state index contributed by atoms with van der Waals surface area (Å²) < 4.78 is 51.8. The second-order valence-electron chi connectivity index (χ2n) is 6.93. The number of hydrogen-bond donors (Lipinski definition) is 1. The van der Waals surface area contributed by atoms with E-state index in [1.807, 2.05) is 0 Å². The third-order valence-corrected chi connectivity index (χ3v) is 4.39. The van der Waals surface area contributed by atoms with Gasteiger partial charge in [0.2, 0.25) is 0 Å². The molecule has 28 heavy (non-hydrogen) atoms. The second-order valence-corrected chi connectivity index (χ2v) is 6.93. The molecule has 1 heterocycles. The first-order valence-electron chi connectivity index (χ1n) is 8.77. The van der Waals surface area contributed by atoms with E-state index in [2.05, 4.69) is 10.3 Å². The number of Topliss-reactive ketones (excluding diaryl/α,β-unsaturated/α-hetero) is 1. The maximum atomic E-state index is 13.5. The number of aryl methyl sites for hydroxylation is 1. The molecule has 0 atom stereocenters. The van der Waals surface area contributed by atoms with E-state index < -0.39 is 23.5 Å². The fraction of sp³-hybridized carbons (Fsp3) is 0.350. The molecular weight excluding hydrogens is 376 g/mol. The lowest BCUT2D eigenvalue weighted by Crippen LogP contribution is -2.24. The molecule has 1 aromatic carbocycles. The Labute approximate surface area is 159 Å². The minimum atomic E-state index is -4.67. The molecule has 1 amide bonds. The number of nitrogens with zero attached hydrogens (tertiary/aromatic N) is 1. The Morgan fingerprint density at radius 1 is 1.14 bits per heavy atom. The molecule has 0 aliphatic heterocycles. The van der Waals surface area contributed by atoms with Gasteiger partial charge in [-0.25, -0.2) is 4.39 Å². The summed E-state index contributed by atoms with van der Waals surface area (Å²) in [5, 5.41) is 2.48. The van der Waals surface area contributed by atoms with Crippen molar-refractivity contribution in [1.29, 1.82) is 0 Å². The van der Waals surface area contributed by atoms with Crippen LogP contribution in [0.5, 0.6) is 0 Å². The van der Waals surface area contributed by atoms with Gasteiger partial charge in [0, 0.05) is 35.8 Å². The number of pyridine rings is 1. The Morgan fingerprint density at radius 2 is 1.86 bits per heavy atom. The van der Waals surface area contributed by atoms with Gasteiger partial charge in [-0.05, 0) is 55.7 Å². The Hall–Kier alpha value is -2.77. The molecule has 1 N–H and O–H groups in total. The SMILES string of the molecule is Cc1cc(C(=O)NCc2cc(F)cc(C(F)(F)F)c2)cc(CC(=O)C2CC2)n1. The monoisotopic (exact) mass is 394 g/mol. The average molecular weight is 394 g/mol. The minimum absolute atomic E-state index is 0.00409. The molecular formula is C20H18F4N2O2. The van der Waals surface area contributed by atoms with Gasteiger partial charge < -0.3 is 5.32 Å². The Kier molecular flexibility index (Phi) is 5.49. The van der Waals surface area contributed by atoms with Gasteiger partial charge in [-0.2, -0.15) is 13.2 Å². The zero-order chi connectivity index (χ0) is 20.5. The zero-order valence-electron chi connectivity index (χ0n) is 15.1. The molecule has 3 rings (SSSR count). The molecule has 1 aliphatic carbocycles. The van der Waals surface area contributed by atoms with Crippen LogP contribution in [0.2, 0.25) is 0 Å². The molecule has 0 spiro atoms. The highest BCUT2D eigenvalue weighted by Crippen LogP contribution is 2.31. The van der Waals surface area contributed by atoms with Crippen LogP contribution in [-0.2, 0) is 23.9 Å². The maximum Gasteiger partial charge on any atom is 0.416 e. The minimum Gasteiger partial charge on any atom is -0.348 e. The van der Waals surface area contributed by atoms with E-state index in [0.717, 1.165) is 25.0 Å². The third kappa shape index (κ3) is 5.15. The highest BCUT2D eigenvalue weighted by molar-refractivity contribution is 5.94. The fourth-order valence-corrected chi connectivity index (χ4v) is 2.89. The van der Waals surface area contributed by atoms with Crippen LogP contribution in [0.3, 0.4) is 0 Å². The maximum absolute atomic E-state index is 13.5. The molecule has 1 aromatic heterocycles. The number of hydrogen-bond acceptors (Lipinski definition) is 3. The fourth-order valence-electron chi connectivity index (χ4n) is 2.89. The van der Waals surface area contributed by atoms with Crippen LogP contribution < -0.4 is 5.32 Å². The van der Waals surface area contributed by atoms with Crippen molar-refractivity contribution in [1.82, 2.24) is 10.3 Å². The first-order chi connectivity index (χ1) is 13.1. The van der Waals surface area contributed by atoms with Crippen molar-refractivity contribution < 1.29 is 27.2 Å². The Morgan fingerprint density at radius 3 is 2.50 bits per heavy atom. The lowest BCUT2D eigenvalue weighted by molar-refractivity contribution is -0.137. The molecule has 1 aliphatic rings. The van der Waals surface area contributed by atoms with Gasteiger partial charge in [-0.1, -0.05) is 0 Å². The van der Waals surface area contributed by atoms with Crippen LogP contribution in [0.25, 0.3) is 0 Å². The Bertz CT molecular complexity index is 921. The van der Waals surface area contributed by atoms with Gasteiger partial charge in [0.1, 0.15) is 11.6 Å². The van der Waals surface area contributed by atoms with Crippen LogP contribution in [-0.4, -0.2) is 16.7 Å². The number of alkyl halides is 3.